The Labute approximate surface area is 121 Å². The molecule has 1 aromatic rings. The lowest BCUT2D eigenvalue weighted by atomic mass is 10.1. The van der Waals surface area contributed by atoms with Crippen molar-refractivity contribution in [1.29, 1.82) is 0 Å². The Balaban J connectivity index is 2.42. The van der Waals surface area contributed by atoms with Gasteiger partial charge in [0, 0.05) is 31.4 Å². The number of urea groups is 1. The second kappa shape index (κ2) is 7.88. The summed E-state index contributed by atoms with van der Waals surface area (Å²) in [4.78, 5) is 36.9. The van der Waals surface area contributed by atoms with Crippen LogP contribution in [0.1, 0.15) is 19.8 Å². The van der Waals surface area contributed by atoms with Crippen LogP contribution in [0.25, 0.3) is 0 Å². The van der Waals surface area contributed by atoms with Crippen molar-refractivity contribution in [2.24, 2.45) is 0 Å². The summed E-state index contributed by atoms with van der Waals surface area (Å²) < 4.78 is 1.77. The molecule has 4 N–H and O–H groups in total. The largest absolute Gasteiger partial charge is 0.481 e. The number of aromatic nitrogens is 2. The van der Waals surface area contributed by atoms with Gasteiger partial charge in [0.05, 0.1) is 6.33 Å². The fourth-order valence-electron chi connectivity index (χ4n) is 1.71. The number of carboxylic acid groups (broad SMARTS) is 2. The Morgan fingerprint density at radius 2 is 2.00 bits per heavy atom. The van der Waals surface area contributed by atoms with E-state index in [1.807, 2.05) is 0 Å². The topological polar surface area (TPSA) is 134 Å². The molecule has 9 heteroatoms. The lowest BCUT2D eigenvalue weighted by Gasteiger charge is -2.18. The lowest BCUT2D eigenvalue weighted by molar-refractivity contribution is -0.140. The first kappa shape index (κ1) is 16.5. The molecule has 9 nitrogen and oxygen atoms in total. The molecule has 0 spiro atoms. The molecule has 0 saturated heterocycles. The average molecular weight is 298 g/mol. The van der Waals surface area contributed by atoms with Crippen LogP contribution < -0.4 is 10.6 Å². The van der Waals surface area contributed by atoms with Crippen LogP contribution in [0.15, 0.2) is 18.7 Å². The number of carbonyl (C=O) groups is 3. The maximum absolute atomic E-state index is 11.7. The van der Waals surface area contributed by atoms with Gasteiger partial charge in [0.15, 0.2) is 0 Å². The molecule has 0 bridgehead atoms. The number of imidazole rings is 1. The van der Waals surface area contributed by atoms with Gasteiger partial charge >= 0.3 is 18.0 Å². The van der Waals surface area contributed by atoms with Crippen LogP contribution in [0.5, 0.6) is 0 Å². The predicted molar refractivity (Wildman–Crippen MR) is 71.7 cm³/mol. The van der Waals surface area contributed by atoms with Gasteiger partial charge in [0.25, 0.3) is 0 Å². The number of carbonyl (C=O) groups excluding carboxylic acids is 1. The minimum atomic E-state index is -1.27. The normalized spacial score (nSPS) is 13.2. The van der Waals surface area contributed by atoms with Gasteiger partial charge in [-0.1, -0.05) is 0 Å². The molecule has 0 aliphatic heterocycles. The van der Waals surface area contributed by atoms with E-state index in [0.29, 0.717) is 6.54 Å². The van der Waals surface area contributed by atoms with Crippen molar-refractivity contribution in [3.8, 4) is 0 Å². The van der Waals surface area contributed by atoms with E-state index in [0.717, 1.165) is 0 Å². The van der Waals surface area contributed by atoms with Crippen molar-refractivity contribution in [3.05, 3.63) is 18.7 Å². The molecule has 0 aliphatic rings. The van der Waals surface area contributed by atoms with Crippen LogP contribution in [-0.4, -0.2) is 49.8 Å². The molecule has 116 valence electrons. The highest BCUT2D eigenvalue weighted by Crippen LogP contribution is 1.98. The van der Waals surface area contributed by atoms with Crippen molar-refractivity contribution < 1.29 is 24.6 Å². The van der Waals surface area contributed by atoms with Crippen molar-refractivity contribution in [3.63, 3.8) is 0 Å². The molecule has 0 aliphatic carbocycles. The molecule has 2 amide bonds. The number of hydrogen-bond donors (Lipinski definition) is 4. The molecule has 0 fully saturated rings. The van der Waals surface area contributed by atoms with E-state index in [1.54, 1.807) is 30.2 Å². The van der Waals surface area contributed by atoms with E-state index in [4.69, 9.17) is 10.2 Å². The van der Waals surface area contributed by atoms with Crippen molar-refractivity contribution in [1.82, 2.24) is 20.2 Å². The third kappa shape index (κ3) is 6.41. The highest BCUT2D eigenvalue weighted by Gasteiger charge is 2.21. The Morgan fingerprint density at radius 1 is 1.29 bits per heavy atom. The first-order valence-electron chi connectivity index (χ1n) is 6.36. The molecule has 21 heavy (non-hydrogen) atoms. The van der Waals surface area contributed by atoms with Gasteiger partial charge < -0.3 is 25.4 Å². The van der Waals surface area contributed by atoms with Crippen LogP contribution in [0.4, 0.5) is 4.79 Å². The predicted octanol–water partition coefficient (Wildman–Crippen LogP) is -0.111. The zero-order chi connectivity index (χ0) is 15.8. The Hall–Kier alpha value is -2.58. The number of nitrogens with one attached hydrogen (secondary N) is 2. The Bertz CT molecular complexity index is 488. The van der Waals surface area contributed by atoms with E-state index in [-0.39, 0.29) is 18.9 Å². The molecule has 1 rings (SSSR count). The number of carboxylic acids is 2. The van der Waals surface area contributed by atoms with Crippen molar-refractivity contribution in [2.75, 3.05) is 0 Å². The van der Waals surface area contributed by atoms with E-state index in [9.17, 15) is 14.4 Å². The molecule has 0 radical (unpaired) electrons. The monoisotopic (exact) mass is 298 g/mol. The lowest BCUT2D eigenvalue weighted by Crippen LogP contribution is -2.49. The van der Waals surface area contributed by atoms with Crippen molar-refractivity contribution in [2.45, 2.75) is 38.4 Å². The molecule has 2 unspecified atom stereocenters. The first-order chi connectivity index (χ1) is 9.88. The van der Waals surface area contributed by atoms with Gasteiger partial charge in [-0.25, -0.2) is 14.6 Å². The fraction of sp³-hybridized carbons (Fsp3) is 0.500. The summed E-state index contributed by atoms with van der Waals surface area (Å²) in [6.45, 7) is 2.24. The maximum Gasteiger partial charge on any atom is 0.326 e. The number of hydrogen-bond acceptors (Lipinski definition) is 4. The summed E-state index contributed by atoms with van der Waals surface area (Å²) in [5, 5.41) is 22.3. The van der Waals surface area contributed by atoms with Gasteiger partial charge in [-0.2, -0.15) is 0 Å². The fourth-order valence-corrected chi connectivity index (χ4v) is 1.71. The van der Waals surface area contributed by atoms with Crippen LogP contribution in [0.2, 0.25) is 0 Å². The van der Waals surface area contributed by atoms with Crippen LogP contribution in [0, 0.1) is 0 Å². The first-order valence-corrected chi connectivity index (χ1v) is 6.36. The second-order valence-corrected chi connectivity index (χ2v) is 4.60. The van der Waals surface area contributed by atoms with Crippen LogP contribution in [0.3, 0.4) is 0 Å². The third-order valence-electron chi connectivity index (χ3n) is 2.67. The smallest absolute Gasteiger partial charge is 0.326 e. The average Bonchev–Trinajstić information content (AvgIpc) is 2.86. The van der Waals surface area contributed by atoms with Gasteiger partial charge in [-0.05, 0) is 13.3 Å². The van der Waals surface area contributed by atoms with Gasteiger partial charge in [-0.15, -0.1) is 0 Å². The number of nitrogens with zero attached hydrogens (tertiary/aromatic N) is 2. The molecule has 1 aromatic heterocycles. The van der Waals surface area contributed by atoms with Gasteiger partial charge in [0.1, 0.15) is 6.04 Å². The van der Waals surface area contributed by atoms with E-state index < -0.39 is 24.0 Å². The maximum atomic E-state index is 11.7. The standard InChI is InChI=1S/C12H18N4O5/c1-8(6-16-5-4-13-7-16)14-12(21)15-9(11(19)20)2-3-10(17)18/h4-5,7-9H,2-3,6H2,1H3,(H,17,18)(H,19,20)(H2,14,15,21). The zero-order valence-electron chi connectivity index (χ0n) is 11.5. The summed E-state index contributed by atoms with van der Waals surface area (Å²) in [5.74, 6) is -2.38. The summed E-state index contributed by atoms with van der Waals surface area (Å²) in [5.41, 5.74) is 0. The highest BCUT2D eigenvalue weighted by molar-refractivity contribution is 5.83. The molecule has 0 aromatic carbocycles. The summed E-state index contributed by atoms with van der Waals surface area (Å²) in [6.07, 6.45) is 4.45. The van der Waals surface area contributed by atoms with Crippen LogP contribution >= 0.6 is 0 Å². The molecule has 1 heterocycles. The quantitative estimate of drug-likeness (QED) is 0.529. The number of amides is 2. The summed E-state index contributed by atoms with van der Waals surface area (Å²) >= 11 is 0. The molecular weight excluding hydrogens is 280 g/mol. The zero-order valence-corrected chi connectivity index (χ0v) is 11.5. The van der Waals surface area contributed by atoms with Gasteiger partial charge in [-0.3, -0.25) is 4.79 Å². The molecule has 2 atom stereocenters. The van der Waals surface area contributed by atoms with Crippen LogP contribution in [-0.2, 0) is 16.1 Å². The minimum Gasteiger partial charge on any atom is -0.481 e. The Morgan fingerprint density at radius 3 is 2.52 bits per heavy atom. The van der Waals surface area contributed by atoms with Crippen molar-refractivity contribution >= 4 is 18.0 Å². The van der Waals surface area contributed by atoms with E-state index in [1.165, 1.54) is 0 Å². The number of aliphatic carboxylic acids is 2. The number of rotatable bonds is 8. The van der Waals surface area contributed by atoms with E-state index in [2.05, 4.69) is 15.6 Å². The Kier molecular flexibility index (Phi) is 6.18. The SMILES string of the molecule is CC(Cn1ccnc1)NC(=O)NC(CCC(=O)O)C(=O)O. The summed E-state index contributed by atoms with van der Waals surface area (Å²) in [6, 6.07) is -2.13. The highest BCUT2D eigenvalue weighted by atomic mass is 16.4. The second-order valence-electron chi connectivity index (χ2n) is 4.60. The summed E-state index contributed by atoms with van der Waals surface area (Å²) in [7, 11) is 0. The third-order valence-corrected chi connectivity index (χ3v) is 2.67. The minimum absolute atomic E-state index is 0.173. The van der Waals surface area contributed by atoms with E-state index >= 15 is 0 Å². The molecule has 0 saturated carbocycles. The molecular formula is C12H18N4O5. The van der Waals surface area contributed by atoms with Gasteiger partial charge in [0.2, 0.25) is 0 Å².